The lowest BCUT2D eigenvalue weighted by Crippen LogP contribution is -2.43. The van der Waals surface area contributed by atoms with Gasteiger partial charge in [-0.2, -0.15) is 0 Å². The number of rotatable bonds is 5. The lowest BCUT2D eigenvalue weighted by molar-refractivity contribution is -0.132. The molecular formula is C21H26N2O3. The van der Waals surface area contributed by atoms with Gasteiger partial charge in [0.25, 0.3) is 0 Å². The molecule has 0 unspecified atom stereocenters. The Labute approximate surface area is 155 Å². The smallest absolute Gasteiger partial charge is 0.408 e. The van der Waals surface area contributed by atoms with Gasteiger partial charge in [-0.1, -0.05) is 60.7 Å². The first-order chi connectivity index (χ1) is 12.3. The van der Waals surface area contributed by atoms with Crippen LogP contribution in [0.4, 0.5) is 4.79 Å². The summed E-state index contributed by atoms with van der Waals surface area (Å²) in [6.07, 6.45) is -0.618. The molecule has 0 spiro atoms. The van der Waals surface area contributed by atoms with Gasteiger partial charge < -0.3 is 15.0 Å². The van der Waals surface area contributed by atoms with Crippen molar-refractivity contribution in [3.8, 4) is 0 Å². The zero-order chi connectivity index (χ0) is 19.2. The number of benzene rings is 2. The van der Waals surface area contributed by atoms with Crippen LogP contribution < -0.4 is 5.32 Å². The van der Waals surface area contributed by atoms with Gasteiger partial charge in [0, 0.05) is 13.6 Å². The number of hydrogen-bond donors (Lipinski definition) is 1. The second-order valence-electron chi connectivity index (χ2n) is 7.17. The van der Waals surface area contributed by atoms with Crippen molar-refractivity contribution in [3.63, 3.8) is 0 Å². The van der Waals surface area contributed by atoms with E-state index in [1.54, 1.807) is 32.7 Å². The van der Waals surface area contributed by atoms with Crippen molar-refractivity contribution in [3.05, 3.63) is 71.8 Å². The molecule has 1 N–H and O–H groups in total. The molecule has 0 aliphatic rings. The topological polar surface area (TPSA) is 58.6 Å². The molecule has 0 aromatic heterocycles. The molecule has 0 radical (unpaired) electrons. The summed E-state index contributed by atoms with van der Waals surface area (Å²) >= 11 is 0. The van der Waals surface area contributed by atoms with Gasteiger partial charge in [-0.25, -0.2) is 4.79 Å². The van der Waals surface area contributed by atoms with Crippen LogP contribution in [-0.2, 0) is 16.1 Å². The van der Waals surface area contributed by atoms with Crippen molar-refractivity contribution < 1.29 is 14.3 Å². The zero-order valence-corrected chi connectivity index (χ0v) is 15.7. The monoisotopic (exact) mass is 354 g/mol. The highest BCUT2D eigenvalue weighted by atomic mass is 16.6. The van der Waals surface area contributed by atoms with E-state index in [0.717, 1.165) is 5.56 Å². The van der Waals surface area contributed by atoms with E-state index in [9.17, 15) is 9.59 Å². The van der Waals surface area contributed by atoms with E-state index < -0.39 is 17.7 Å². The third-order valence-corrected chi connectivity index (χ3v) is 3.68. The molecule has 1 atom stereocenters. The molecule has 0 aliphatic heterocycles. The number of ether oxygens (including phenoxy) is 1. The molecular weight excluding hydrogens is 328 g/mol. The van der Waals surface area contributed by atoms with Crippen molar-refractivity contribution in [2.75, 3.05) is 7.05 Å². The predicted octanol–water partition coefficient (Wildman–Crippen LogP) is 3.91. The van der Waals surface area contributed by atoms with Gasteiger partial charge >= 0.3 is 6.09 Å². The minimum Gasteiger partial charge on any atom is -0.444 e. The number of amides is 2. The van der Waals surface area contributed by atoms with Crippen molar-refractivity contribution in [2.24, 2.45) is 0 Å². The average molecular weight is 354 g/mol. The van der Waals surface area contributed by atoms with E-state index >= 15 is 0 Å². The Morgan fingerprint density at radius 2 is 1.54 bits per heavy atom. The maximum absolute atomic E-state index is 13.0. The first-order valence-electron chi connectivity index (χ1n) is 8.59. The Hall–Kier alpha value is -2.82. The van der Waals surface area contributed by atoms with Gasteiger partial charge in [-0.3, -0.25) is 4.79 Å². The summed E-state index contributed by atoms with van der Waals surface area (Å²) < 4.78 is 5.32. The van der Waals surface area contributed by atoms with Gasteiger partial charge in [0.2, 0.25) is 5.91 Å². The summed E-state index contributed by atoms with van der Waals surface area (Å²) in [4.78, 5) is 26.8. The molecule has 0 saturated carbocycles. The van der Waals surface area contributed by atoms with Gasteiger partial charge in [0.1, 0.15) is 11.6 Å². The highest BCUT2D eigenvalue weighted by Gasteiger charge is 2.28. The summed E-state index contributed by atoms with van der Waals surface area (Å²) in [5, 5.41) is 2.70. The number of alkyl carbamates (subject to hydrolysis) is 1. The normalized spacial score (nSPS) is 12.2. The number of hydrogen-bond acceptors (Lipinski definition) is 3. The number of nitrogens with one attached hydrogen (secondary N) is 1. The molecule has 0 heterocycles. The van der Waals surface area contributed by atoms with Crippen molar-refractivity contribution in [2.45, 2.75) is 39.0 Å². The largest absolute Gasteiger partial charge is 0.444 e. The maximum Gasteiger partial charge on any atom is 0.408 e. The van der Waals surface area contributed by atoms with Gasteiger partial charge in [-0.15, -0.1) is 0 Å². The summed E-state index contributed by atoms with van der Waals surface area (Å²) in [7, 11) is 1.72. The number of carbonyl (C=O) groups excluding carboxylic acids is 2. The van der Waals surface area contributed by atoms with Gasteiger partial charge in [0.05, 0.1) is 0 Å². The number of nitrogens with zero attached hydrogens (tertiary/aromatic N) is 1. The van der Waals surface area contributed by atoms with Crippen molar-refractivity contribution in [1.82, 2.24) is 10.2 Å². The van der Waals surface area contributed by atoms with Crippen LogP contribution in [0, 0.1) is 0 Å². The Kier molecular flexibility index (Phi) is 6.39. The first-order valence-corrected chi connectivity index (χ1v) is 8.59. The van der Waals surface area contributed by atoms with Crippen LogP contribution in [0.15, 0.2) is 60.7 Å². The Balaban J connectivity index is 2.17. The molecule has 0 saturated heterocycles. The Morgan fingerprint density at radius 3 is 2.08 bits per heavy atom. The third kappa shape index (κ3) is 5.92. The molecule has 0 fully saturated rings. The van der Waals surface area contributed by atoms with Crippen molar-refractivity contribution >= 4 is 12.0 Å². The molecule has 2 amide bonds. The molecule has 2 aromatic carbocycles. The molecule has 5 heteroatoms. The summed E-state index contributed by atoms with van der Waals surface area (Å²) in [6.45, 7) is 5.81. The van der Waals surface area contributed by atoms with Crippen LogP contribution in [0.25, 0.3) is 0 Å². The van der Waals surface area contributed by atoms with E-state index in [1.807, 2.05) is 60.7 Å². The fourth-order valence-corrected chi connectivity index (χ4v) is 2.51. The molecule has 0 aliphatic carbocycles. The Bertz CT molecular complexity index is 724. The number of likely N-dealkylation sites (N-methyl/N-ethyl adjacent to an activating group) is 1. The molecule has 2 aromatic rings. The highest BCUT2D eigenvalue weighted by molar-refractivity contribution is 5.86. The highest BCUT2D eigenvalue weighted by Crippen LogP contribution is 2.18. The Morgan fingerprint density at radius 1 is 1.00 bits per heavy atom. The second kappa shape index (κ2) is 8.52. The molecule has 26 heavy (non-hydrogen) atoms. The second-order valence-corrected chi connectivity index (χ2v) is 7.17. The summed E-state index contributed by atoms with van der Waals surface area (Å²) in [6, 6.07) is 18.1. The fourth-order valence-electron chi connectivity index (χ4n) is 2.51. The third-order valence-electron chi connectivity index (χ3n) is 3.68. The van der Waals surface area contributed by atoms with Crippen LogP contribution in [0.5, 0.6) is 0 Å². The van der Waals surface area contributed by atoms with Crippen LogP contribution in [0.1, 0.15) is 37.9 Å². The van der Waals surface area contributed by atoms with Crippen LogP contribution >= 0.6 is 0 Å². The minimum atomic E-state index is -0.806. The molecule has 0 bridgehead atoms. The van der Waals surface area contributed by atoms with E-state index in [4.69, 9.17) is 4.74 Å². The van der Waals surface area contributed by atoms with E-state index in [2.05, 4.69) is 5.32 Å². The molecule has 138 valence electrons. The standard InChI is InChI=1S/C21H26N2O3/c1-21(2,3)26-20(25)22-18(17-13-9-6-10-14-17)19(24)23(4)15-16-11-7-5-8-12-16/h5-14,18H,15H2,1-4H3,(H,22,25)/t18-/m0/s1. The van der Waals surface area contributed by atoms with Crippen molar-refractivity contribution in [1.29, 1.82) is 0 Å². The van der Waals surface area contributed by atoms with Crippen LogP contribution in [0.3, 0.4) is 0 Å². The minimum absolute atomic E-state index is 0.203. The van der Waals surface area contributed by atoms with Gasteiger partial charge in [-0.05, 0) is 31.9 Å². The maximum atomic E-state index is 13.0. The molecule has 2 rings (SSSR count). The van der Waals surface area contributed by atoms with E-state index in [-0.39, 0.29) is 5.91 Å². The first kappa shape index (κ1) is 19.5. The average Bonchev–Trinajstić information content (AvgIpc) is 2.59. The fraction of sp³-hybridized carbons (Fsp3) is 0.333. The van der Waals surface area contributed by atoms with Crippen LogP contribution in [0.2, 0.25) is 0 Å². The van der Waals surface area contributed by atoms with Crippen LogP contribution in [-0.4, -0.2) is 29.5 Å². The summed E-state index contributed by atoms with van der Waals surface area (Å²) in [5.74, 6) is -0.203. The summed E-state index contributed by atoms with van der Waals surface area (Å²) in [5.41, 5.74) is 1.10. The quantitative estimate of drug-likeness (QED) is 0.885. The van der Waals surface area contributed by atoms with E-state index in [0.29, 0.717) is 12.1 Å². The molecule has 5 nitrogen and oxygen atoms in total. The zero-order valence-electron chi connectivity index (χ0n) is 15.7. The lowest BCUT2D eigenvalue weighted by Gasteiger charge is -2.27. The van der Waals surface area contributed by atoms with Gasteiger partial charge in [0.15, 0.2) is 0 Å². The van der Waals surface area contributed by atoms with E-state index in [1.165, 1.54) is 0 Å². The predicted molar refractivity (Wildman–Crippen MR) is 101 cm³/mol. The lowest BCUT2D eigenvalue weighted by atomic mass is 10.1. The number of carbonyl (C=O) groups is 2. The SMILES string of the molecule is CN(Cc1ccccc1)C(=O)[C@@H](NC(=O)OC(C)(C)C)c1ccccc1.